The Balaban J connectivity index is 1.92. The third kappa shape index (κ3) is 2.78. The molecular formula is C16H13FN2OS. The van der Waals surface area contributed by atoms with Crippen molar-refractivity contribution in [3.8, 4) is 5.75 Å². The van der Waals surface area contributed by atoms with Gasteiger partial charge in [-0.25, -0.2) is 4.39 Å². The summed E-state index contributed by atoms with van der Waals surface area (Å²) in [6.45, 7) is 0. The fourth-order valence-corrected chi connectivity index (χ4v) is 2.48. The van der Waals surface area contributed by atoms with E-state index in [-0.39, 0.29) is 11.9 Å². The van der Waals surface area contributed by atoms with Gasteiger partial charge in [0.1, 0.15) is 28.4 Å². The Morgan fingerprint density at radius 3 is 2.67 bits per heavy atom. The van der Waals surface area contributed by atoms with Crippen LogP contribution >= 0.6 is 12.2 Å². The maximum Gasteiger partial charge on any atom is 0.134 e. The van der Waals surface area contributed by atoms with Crippen LogP contribution in [0.4, 0.5) is 4.39 Å². The van der Waals surface area contributed by atoms with E-state index in [0.717, 1.165) is 16.9 Å². The highest BCUT2D eigenvalue weighted by Crippen LogP contribution is 2.25. The average Bonchev–Trinajstić information content (AvgIpc) is 2.90. The van der Waals surface area contributed by atoms with E-state index in [9.17, 15) is 4.39 Å². The largest absolute Gasteiger partial charge is 0.497 e. The van der Waals surface area contributed by atoms with Gasteiger partial charge in [0.25, 0.3) is 0 Å². The van der Waals surface area contributed by atoms with Gasteiger partial charge in [-0.05, 0) is 29.8 Å². The molecule has 1 unspecified atom stereocenters. The Kier molecular flexibility index (Phi) is 3.66. The molecule has 2 aromatic rings. The van der Waals surface area contributed by atoms with Crippen LogP contribution in [-0.2, 0) is 0 Å². The Labute approximate surface area is 127 Å². The highest BCUT2D eigenvalue weighted by Gasteiger charge is 2.25. The maximum atomic E-state index is 13.0. The average molecular weight is 300 g/mol. The lowest BCUT2D eigenvalue weighted by molar-refractivity contribution is 0.414. The highest BCUT2D eigenvalue weighted by molar-refractivity contribution is 7.80. The molecule has 0 aromatic heterocycles. The SMILES string of the molecule is COc1cccc(C2=NC(c3ccc(F)cc3)C(=S)N2)c1. The quantitative estimate of drug-likeness (QED) is 0.883. The predicted octanol–water partition coefficient (Wildman–Crippen LogP) is 3.25. The van der Waals surface area contributed by atoms with Crippen molar-refractivity contribution in [2.75, 3.05) is 7.11 Å². The van der Waals surface area contributed by atoms with Gasteiger partial charge in [0.15, 0.2) is 0 Å². The minimum absolute atomic E-state index is 0.271. The van der Waals surface area contributed by atoms with Gasteiger partial charge in [-0.15, -0.1) is 0 Å². The first kappa shape index (κ1) is 13.7. The number of ether oxygens (including phenoxy) is 1. The number of nitrogens with zero attached hydrogens (tertiary/aromatic N) is 1. The molecule has 2 aromatic carbocycles. The number of aliphatic imine (C=N–C) groups is 1. The van der Waals surface area contributed by atoms with Crippen molar-refractivity contribution < 1.29 is 9.13 Å². The zero-order valence-electron chi connectivity index (χ0n) is 11.3. The van der Waals surface area contributed by atoms with Crippen LogP contribution in [0.15, 0.2) is 53.5 Å². The van der Waals surface area contributed by atoms with Crippen molar-refractivity contribution in [1.29, 1.82) is 0 Å². The van der Waals surface area contributed by atoms with E-state index < -0.39 is 0 Å². The molecule has 1 aliphatic heterocycles. The summed E-state index contributed by atoms with van der Waals surface area (Å²) in [5, 5.41) is 3.12. The van der Waals surface area contributed by atoms with E-state index in [2.05, 4.69) is 10.3 Å². The van der Waals surface area contributed by atoms with Crippen molar-refractivity contribution in [2.24, 2.45) is 4.99 Å². The summed E-state index contributed by atoms with van der Waals surface area (Å²) in [5.74, 6) is 1.19. The van der Waals surface area contributed by atoms with Crippen LogP contribution in [0.5, 0.6) is 5.75 Å². The molecule has 0 saturated heterocycles. The second-order valence-corrected chi connectivity index (χ2v) is 5.09. The van der Waals surface area contributed by atoms with E-state index in [1.54, 1.807) is 19.2 Å². The van der Waals surface area contributed by atoms with E-state index in [1.165, 1.54) is 12.1 Å². The molecule has 1 aliphatic rings. The number of halogens is 1. The van der Waals surface area contributed by atoms with E-state index >= 15 is 0 Å². The summed E-state index contributed by atoms with van der Waals surface area (Å²) in [6.07, 6.45) is 0. The van der Waals surface area contributed by atoms with Gasteiger partial charge in [0, 0.05) is 5.56 Å². The number of rotatable bonds is 3. The van der Waals surface area contributed by atoms with Gasteiger partial charge >= 0.3 is 0 Å². The number of methoxy groups -OCH3 is 1. The molecule has 0 amide bonds. The third-order valence-corrected chi connectivity index (χ3v) is 3.60. The molecule has 0 bridgehead atoms. The molecule has 1 heterocycles. The molecule has 106 valence electrons. The van der Waals surface area contributed by atoms with Crippen LogP contribution in [0.3, 0.4) is 0 Å². The van der Waals surface area contributed by atoms with E-state index in [4.69, 9.17) is 17.0 Å². The van der Waals surface area contributed by atoms with Gasteiger partial charge in [-0.2, -0.15) is 0 Å². The molecule has 1 atom stereocenters. The van der Waals surface area contributed by atoms with Crippen molar-refractivity contribution in [1.82, 2.24) is 5.32 Å². The van der Waals surface area contributed by atoms with Crippen LogP contribution < -0.4 is 10.1 Å². The molecule has 1 N–H and O–H groups in total. The lowest BCUT2D eigenvalue weighted by Gasteiger charge is -2.06. The van der Waals surface area contributed by atoms with Crippen LogP contribution in [0.25, 0.3) is 0 Å². The van der Waals surface area contributed by atoms with Crippen molar-refractivity contribution in [2.45, 2.75) is 6.04 Å². The molecule has 0 spiro atoms. The topological polar surface area (TPSA) is 33.6 Å². The van der Waals surface area contributed by atoms with Crippen LogP contribution in [-0.4, -0.2) is 17.9 Å². The van der Waals surface area contributed by atoms with E-state index in [0.29, 0.717) is 10.8 Å². The summed E-state index contributed by atoms with van der Waals surface area (Å²) < 4.78 is 18.2. The number of amidine groups is 1. The lowest BCUT2D eigenvalue weighted by atomic mass is 10.1. The summed E-state index contributed by atoms with van der Waals surface area (Å²) >= 11 is 5.34. The summed E-state index contributed by atoms with van der Waals surface area (Å²) in [7, 11) is 1.62. The smallest absolute Gasteiger partial charge is 0.134 e. The first-order chi connectivity index (χ1) is 10.2. The lowest BCUT2D eigenvalue weighted by Crippen LogP contribution is -2.24. The minimum atomic E-state index is -0.276. The van der Waals surface area contributed by atoms with Gasteiger partial charge in [-0.1, -0.05) is 36.5 Å². The molecule has 0 aliphatic carbocycles. The second kappa shape index (κ2) is 5.61. The normalized spacial score (nSPS) is 17.3. The van der Waals surface area contributed by atoms with Gasteiger partial charge in [-0.3, -0.25) is 4.99 Å². The number of thiocarbonyl (C=S) groups is 1. The Morgan fingerprint density at radius 2 is 1.95 bits per heavy atom. The standard InChI is InChI=1S/C16H13FN2OS/c1-20-13-4-2-3-11(9-13)15-18-14(16(21)19-15)10-5-7-12(17)8-6-10/h2-9,14H,1H3,(H,18,19,21). The number of hydrogen-bond donors (Lipinski definition) is 1. The second-order valence-electron chi connectivity index (χ2n) is 4.65. The van der Waals surface area contributed by atoms with Crippen molar-refractivity contribution in [3.63, 3.8) is 0 Å². The number of hydrogen-bond acceptors (Lipinski definition) is 3. The minimum Gasteiger partial charge on any atom is -0.497 e. The third-order valence-electron chi connectivity index (χ3n) is 3.28. The maximum absolute atomic E-state index is 13.0. The number of benzene rings is 2. The zero-order chi connectivity index (χ0) is 14.8. The Hall–Kier alpha value is -2.27. The van der Waals surface area contributed by atoms with Gasteiger partial charge < -0.3 is 10.1 Å². The fourth-order valence-electron chi connectivity index (χ4n) is 2.19. The summed E-state index contributed by atoms with van der Waals surface area (Å²) in [4.78, 5) is 5.21. The Bertz CT molecular complexity index is 712. The molecule has 3 rings (SSSR count). The van der Waals surface area contributed by atoms with E-state index in [1.807, 2.05) is 24.3 Å². The zero-order valence-corrected chi connectivity index (χ0v) is 12.2. The summed E-state index contributed by atoms with van der Waals surface area (Å²) in [5.41, 5.74) is 1.77. The van der Waals surface area contributed by atoms with Crippen LogP contribution in [0, 0.1) is 5.82 Å². The van der Waals surface area contributed by atoms with Gasteiger partial charge in [0.05, 0.1) is 7.11 Å². The molecule has 0 saturated carbocycles. The Morgan fingerprint density at radius 1 is 1.19 bits per heavy atom. The fraction of sp³-hybridized carbons (Fsp3) is 0.125. The van der Waals surface area contributed by atoms with Crippen molar-refractivity contribution in [3.05, 3.63) is 65.5 Å². The van der Waals surface area contributed by atoms with Crippen LogP contribution in [0.2, 0.25) is 0 Å². The van der Waals surface area contributed by atoms with Crippen LogP contribution in [0.1, 0.15) is 17.2 Å². The number of nitrogens with one attached hydrogen (secondary N) is 1. The predicted molar refractivity (Wildman–Crippen MR) is 84.4 cm³/mol. The van der Waals surface area contributed by atoms with Gasteiger partial charge in [0.2, 0.25) is 0 Å². The first-order valence-corrected chi connectivity index (χ1v) is 6.87. The molecule has 5 heteroatoms. The molecule has 3 nitrogen and oxygen atoms in total. The van der Waals surface area contributed by atoms with Crippen molar-refractivity contribution >= 4 is 23.0 Å². The first-order valence-electron chi connectivity index (χ1n) is 6.46. The molecule has 0 fully saturated rings. The highest BCUT2D eigenvalue weighted by atomic mass is 32.1. The summed E-state index contributed by atoms with van der Waals surface area (Å²) in [6, 6.07) is 13.5. The molecular weight excluding hydrogens is 287 g/mol. The molecule has 0 radical (unpaired) electrons. The monoisotopic (exact) mass is 300 g/mol. The molecule has 21 heavy (non-hydrogen) atoms.